The van der Waals surface area contributed by atoms with Gasteiger partial charge in [0.15, 0.2) is 0 Å². The van der Waals surface area contributed by atoms with Crippen LogP contribution in [0.2, 0.25) is 0 Å². The van der Waals surface area contributed by atoms with E-state index < -0.39 is 0 Å². The van der Waals surface area contributed by atoms with Crippen molar-refractivity contribution in [2.24, 2.45) is 5.92 Å². The first-order valence-electron chi connectivity index (χ1n) is 9.71. The zero-order valence-corrected chi connectivity index (χ0v) is 16.8. The third-order valence-electron chi connectivity index (χ3n) is 5.73. The molecule has 2 aromatic heterocycles. The monoisotopic (exact) mass is 389 g/mol. The quantitative estimate of drug-likeness (QED) is 0.635. The van der Waals surface area contributed by atoms with E-state index in [0.29, 0.717) is 28.8 Å². The number of nitrogens with zero attached hydrogens (tertiary/aromatic N) is 6. The number of aryl methyl sites for hydroxylation is 2. The van der Waals surface area contributed by atoms with Crippen LogP contribution in [-0.2, 0) is 4.79 Å². The highest BCUT2D eigenvalue weighted by molar-refractivity contribution is 7.99. The number of carbonyl (C=O) groups is 1. The average molecular weight is 390 g/mol. The highest BCUT2D eigenvalue weighted by Gasteiger charge is 2.35. The maximum Gasteiger partial charge on any atom is 0.271 e. The summed E-state index contributed by atoms with van der Waals surface area (Å²) in [5.74, 6) is 7.85. The maximum absolute atomic E-state index is 12.9. The molecular weight excluding hydrogens is 362 g/mol. The van der Waals surface area contributed by atoms with Gasteiger partial charge in [-0.3, -0.25) is 4.79 Å². The fourth-order valence-electron chi connectivity index (χ4n) is 4.49. The number of hydrogen-bond acceptors (Lipinski definition) is 6. The van der Waals surface area contributed by atoms with Crippen molar-refractivity contribution >= 4 is 17.7 Å². The Bertz CT molecular complexity index is 828. The minimum absolute atomic E-state index is 0.187. The molecule has 1 aliphatic carbocycles. The van der Waals surface area contributed by atoms with Gasteiger partial charge in [0.1, 0.15) is 0 Å². The molecule has 2 atom stereocenters. The van der Waals surface area contributed by atoms with Gasteiger partial charge in [-0.15, -0.1) is 10.2 Å². The predicted octanol–water partition coefficient (Wildman–Crippen LogP) is 2.07. The van der Waals surface area contributed by atoms with Gasteiger partial charge in [0.25, 0.3) is 5.95 Å². The van der Waals surface area contributed by atoms with Crippen molar-refractivity contribution in [3.63, 3.8) is 0 Å². The number of thioether (sulfide) groups is 1. The molecule has 0 aromatic carbocycles. The highest BCUT2D eigenvalue weighted by Crippen LogP contribution is 2.35. The van der Waals surface area contributed by atoms with E-state index in [4.69, 9.17) is 5.84 Å². The number of piperidine rings is 1. The topological polar surface area (TPSA) is 94.9 Å². The Balaban J connectivity index is 1.43. The lowest BCUT2D eigenvalue weighted by Gasteiger charge is -2.44. The molecule has 1 saturated carbocycles. The molecule has 9 heteroatoms. The van der Waals surface area contributed by atoms with Crippen LogP contribution < -0.4 is 5.84 Å². The number of carbonyl (C=O) groups excluding carboxylic acids is 1. The highest BCUT2D eigenvalue weighted by atomic mass is 32.2. The number of likely N-dealkylation sites (tertiary alicyclic amines) is 1. The summed E-state index contributed by atoms with van der Waals surface area (Å²) in [7, 11) is 0. The second-order valence-electron chi connectivity index (χ2n) is 7.62. The van der Waals surface area contributed by atoms with Gasteiger partial charge in [-0.1, -0.05) is 24.6 Å². The molecule has 146 valence electrons. The molecule has 0 spiro atoms. The zero-order chi connectivity index (χ0) is 19.0. The Hall–Kier alpha value is -2.03. The van der Waals surface area contributed by atoms with Crippen LogP contribution >= 0.6 is 11.8 Å². The molecule has 0 unspecified atom stereocenters. The molecular formula is C18H27N7OS. The Morgan fingerprint density at radius 3 is 2.78 bits per heavy atom. The lowest BCUT2D eigenvalue weighted by atomic mass is 9.78. The Kier molecular flexibility index (Phi) is 5.12. The Morgan fingerprint density at radius 1 is 1.22 bits per heavy atom. The van der Waals surface area contributed by atoms with Crippen molar-refractivity contribution in [1.82, 2.24) is 29.6 Å². The standard InChI is InChI=1S/C18H27N7OS/c1-12-10-13(2)25(22-12)17-20-21-18(24(17)19)27-11-16(26)23-9-5-7-14-6-3-4-8-15(14)23/h10,14-15H,3-9,11,19H2,1-2H3/t14-,15-/m1/s1. The smallest absolute Gasteiger partial charge is 0.271 e. The van der Waals surface area contributed by atoms with Gasteiger partial charge in [0.05, 0.1) is 11.4 Å². The maximum atomic E-state index is 12.9. The normalized spacial score (nSPS) is 22.7. The molecule has 2 aromatic rings. The molecule has 8 nitrogen and oxygen atoms in total. The van der Waals surface area contributed by atoms with E-state index in [1.54, 1.807) is 4.68 Å². The van der Waals surface area contributed by atoms with Crippen LogP contribution in [0.3, 0.4) is 0 Å². The van der Waals surface area contributed by atoms with Crippen molar-refractivity contribution in [3.8, 4) is 5.95 Å². The third-order valence-corrected chi connectivity index (χ3v) is 6.66. The summed E-state index contributed by atoms with van der Waals surface area (Å²) in [6.45, 7) is 4.75. The fourth-order valence-corrected chi connectivity index (χ4v) is 5.22. The first-order chi connectivity index (χ1) is 13.0. The minimum Gasteiger partial charge on any atom is -0.339 e. The van der Waals surface area contributed by atoms with Crippen LogP contribution in [0.15, 0.2) is 11.2 Å². The molecule has 27 heavy (non-hydrogen) atoms. The van der Waals surface area contributed by atoms with Gasteiger partial charge in [-0.05, 0) is 51.5 Å². The van der Waals surface area contributed by atoms with Crippen LogP contribution in [0.5, 0.6) is 0 Å². The molecule has 0 radical (unpaired) electrons. The summed E-state index contributed by atoms with van der Waals surface area (Å²) in [4.78, 5) is 15.0. The van der Waals surface area contributed by atoms with E-state index in [1.165, 1.54) is 42.1 Å². The Labute approximate surface area is 163 Å². The number of rotatable bonds is 4. The van der Waals surface area contributed by atoms with E-state index in [0.717, 1.165) is 30.8 Å². The van der Waals surface area contributed by atoms with Crippen LogP contribution in [0, 0.1) is 19.8 Å². The second kappa shape index (κ2) is 7.53. The van der Waals surface area contributed by atoms with Crippen LogP contribution in [0.1, 0.15) is 49.9 Å². The van der Waals surface area contributed by atoms with Crippen molar-refractivity contribution in [1.29, 1.82) is 0 Å². The van der Waals surface area contributed by atoms with Gasteiger partial charge in [-0.2, -0.15) is 5.10 Å². The predicted molar refractivity (Wildman–Crippen MR) is 104 cm³/mol. The summed E-state index contributed by atoms with van der Waals surface area (Å²) < 4.78 is 3.09. The SMILES string of the molecule is Cc1cc(C)n(-c2nnc(SCC(=O)N3CCC[C@H]4CCCC[C@H]43)n2N)n1. The van der Waals surface area contributed by atoms with E-state index in [9.17, 15) is 4.79 Å². The number of aromatic nitrogens is 5. The molecule has 2 aliphatic rings. The van der Waals surface area contributed by atoms with Crippen LogP contribution in [0.25, 0.3) is 5.95 Å². The molecule has 2 N–H and O–H groups in total. The van der Waals surface area contributed by atoms with Crippen molar-refractivity contribution in [2.75, 3.05) is 18.1 Å². The zero-order valence-electron chi connectivity index (χ0n) is 16.0. The lowest BCUT2D eigenvalue weighted by molar-refractivity contribution is -0.134. The van der Waals surface area contributed by atoms with E-state index >= 15 is 0 Å². The van der Waals surface area contributed by atoms with Crippen molar-refractivity contribution in [3.05, 3.63) is 17.5 Å². The molecule has 0 bridgehead atoms. The summed E-state index contributed by atoms with van der Waals surface area (Å²) in [5.41, 5.74) is 1.84. The van der Waals surface area contributed by atoms with Crippen LogP contribution in [0.4, 0.5) is 0 Å². The van der Waals surface area contributed by atoms with Crippen molar-refractivity contribution in [2.45, 2.75) is 63.6 Å². The average Bonchev–Trinajstić information content (AvgIpc) is 3.20. The van der Waals surface area contributed by atoms with Gasteiger partial charge in [0.2, 0.25) is 11.1 Å². The minimum atomic E-state index is 0.187. The van der Waals surface area contributed by atoms with E-state index in [-0.39, 0.29) is 5.91 Å². The number of hydrogen-bond donors (Lipinski definition) is 1. The van der Waals surface area contributed by atoms with Crippen LogP contribution in [-0.4, -0.2) is 53.8 Å². The summed E-state index contributed by atoms with van der Waals surface area (Å²) in [5, 5.41) is 13.2. The summed E-state index contributed by atoms with van der Waals surface area (Å²) in [6, 6.07) is 2.39. The number of nitrogens with two attached hydrogens (primary N) is 1. The van der Waals surface area contributed by atoms with Gasteiger partial charge < -0.3 is 10.7 Å². The number of fused-ring (bicyclic) bond motifs is 1. The lowest BCUT2D eigenvalue weighted by Crippen LogP contribution is -2.50. The van der Waals surface area contributed by atoms with E-state index in [1.807, 2.05) is 19.9 Å². The number of amides is 1. The van der Waals surface area contributed by atoms with Gasteiger partial charge >= 0.3 is 0 Å². The second-order valence-corrected chi connectivity index (χ2v) is 8.56. The van der Waals surface area contributed by atoms with E-state index in [2.05, 4.69) is 20.2 Å². The third kappa shape index (κ3) is 3.56. The molecule has 3 heterocycles. The largest absolute Gasteiger partial charge is 0.339 e. The van der Waals surface area contributed by atoms with Gasteiger partial charge in [-0.25, -0.2) is 9.36 Å². The molecule has 1 aliphatic heterocycles. The molecule has 1 amide bonds. The first-order valence-corrected chi connectivity index (χ1v) is 10.7. The van der Waals surface area contributed by atoms with Crippen molar-refractivity contribution < 1.29 is 4.79 Å². The van der Waals surface area contributed by atoms with Gasteiger partial charge in [0, 0.05) is 18.3 Å². The fraction of sp³-hybridized carbons (Fsp3) is 0.667. The molecule has 2 fully saturated rings. The summed E-state index contributed by atoms with van der Waals surface area (Å²) in [6.07, 6.45) is 7.35. The molecule has 1 saturated heterocycles. The summed E-state index contributed by atoms with van der Waals surface area (Å²) >= 11 is 1.35. The first kappa shape index (κ1) is 18.3. The molecule has 4 rings (SSSR count). The number of nitrogen functional groups attached to an aromatic ring is 1. The Morgan fingerprint density at radius 2 is 2.00 bits per heavy atom.